The molecule has 1 fully saturated rings. The summed E-state index contributed by atoms with van der Waals surface area (Å²) in [6.07, 6.45) is 2.73. The minimum atomic E-state index is -0.745. The van der Waals surface area contributed by atoms with Crippen molar-refractivity contribution in [3.8, 4) is 5.75 Å². The number of amides is 2. The van der Waals surface area contributed by atoms with E-state index in [0.717, 1.165) is 24.3 Å². The second kappa shape index (κ2) is 12.0. The highest BCUT2D eigenvalue weighted by Crippen LogP contribution is 2.28. The number of halogens is 2. The summed E-state index contributed by atoms with van der Waals surface area (Å²) < 4.78 is 5.68. The van der Waals surface area contributed by atoms with Crippen LogP contribution >= 0.6 is 23.2 Å². The summed E-state index contributed by atoms with van der Waals surface area (Å²) in [5.41, 5.74) is 2.71. The van der Waals surface area contributed by atoms with Crippen molar-refractivity contribution < 1.29 is 14.3 Å². The summed E-state index contributed by atoms with van der Waals surface area (Å²) in [5.74, 6) is 0.129. The summed E-state index contributed by atoms with van der Waals surface area (Å²) in [7, 11) is 0. The van der Waals surface area contributed by atoms with E-state index in [4.69, 9.17) is 27.9 Å². The molecule has 36 heavy (non-hydrogen) atoms. The van der Waals surface area contributed by atoms with Crippen LogP contribution in [-0.2, 0) is 9.59 Å². The van der Waals surface area contributed by atoms with Gasteiger partial charge in [-0.1, -0.05) is 53.5 Å². The Morgan fingerprint density at radius 2 is 1.64 bits per heavy atom. The third kappa shape index (κ3) is 6.80. The van der Waals surface area contributed by atoms with Gasteiger partial charge in [0, 0.05) is 48.7 Å². The van der Waals surface area contributed by atoms with Gasteiger partial charge in [0.15, 0.2) is 6.10 Å². The monoisotopic (exact) mass is 523 g/mol. The Morgan fingerprint density at radius 3 is 2.31 bits per heavy atom. The molecular weight excluding hydrogens is 497 g/mol. The van der Waals surface area contributed by atoms with E-state index in [1.807, 2.05) is 65.6 Å². The van der Waals surface area contributed by atoms with Gasteiger partial charge in [0.1, 0.15) is 5.75 Å². The summed E-state index contributed by atoms with van der Waals surface area (Å²) in [5, 5.41) is 3.71. The second-order valence-electron chi connectivity index (χ2n) is 8.43. The van der Waals surface area contributed by atoms with E-state index in [1.165, 1.54) is 0 Å². The molecule has 1 aliphatic heterocycles. The molecule has 0 aliphatic carbocycles. The highest BCUT2D eigenvalue weighted by molar-refractivity contribution is 6.35. The van der Waals surface area contributed by atoms with Crippen molar-refractivity contribution >= 4 is 52.5 Å². The Bertz CT molecular complexity index is 1220. The first-order valence-electron chi connectivity index (χ1n) is 11.7. The van der Waals surface area contributed by atoms with Crippen molar-refractivity contribution in [2.45, 2.75) is 13.0 Å². The van der Waals surface area contributed by atoms with Gasteiger partial charge >= 0.3 is 0 Å². The number of hydrogen-bond donors (Lipinski definition) is 1. The zero-order chi connectivity index (χ0) is 25.5. The summed E-state index contributed by atoms with van der Waals surface area (Å²) >= 11 is 12.0. The van der Waals surface area contributed by atoms with Crippen LogP contribution in [0, 0.1) is 0 Å². The number of ether oxygens (including phenoxy) is 1. The molecule has 3 aromatic rings. The molecule has 1 aliphatic rings. The van der Waals surface area contributed by atoms with E-state index in [0.29, 0.717) is 34.6 Å². The molecule has 6 nitrogen and oxygen atoms in total. The maximum atomic E-state index is 12.6. The van der Waals surface area contributed by atoms with Crippen LogP contribution in [0.1, 0.15) is 12.5 Å². The van der Waals surface area contributed by atoms with Crippen LogP contribution in [0.4, 0.5) is 11.4 Å². The highest BCUT2D eigenvalue weighted by atomic mass is 35.5. The zero-order valence-electron chi connectivity index (χ0n) is 19.9. The van der Waals surface area contributed by atoms with Gasteiger partial charge in [-0.2, -0.15) is 0 Å². The van der Waals surface area contributed by atoms with Crippen molar-refractivity contribution in [2.75, 3.05) is 36.4 Å². The largest absolute Gasteiger partial charge is 0.479 e. The number of piperazine rings is 1. The average molecular weight is 524 g/mol. The molecule has 8 heteroatoms. The van der Waals surface area contributed by atoms with Crippen molar-refractivity contribution in [3.05, 3.63) is 94.5 Å². The Morgan fingerprint density at radius 1 is 0.944 bits per heavy atom. The van der Waals surface area contributed by atoms with Gasteiger partial charge in [-0.05, 0) is 61.0 Å². The lowest BCUT2D eigenvalue weighted by Crippen LogP contribution is -2.48. The zero-order valence-corrected chi connectivity index (χ0v) is 21.4. The number of hydrogen-bond acceptors (Lipinski definition) is 4. The lowest BCUT2D eigenvalue weighted by atomic mass is 10.2. The fraction of sp³-hybridized carbons (Fsp3) is 0.214. The predicted octanol–water partition coefficient (Wildman–Crippen LogP) is 5.76. The standard InChI is InChI=1S/C28H27Cl2N3O3/c1-20(36-26-13-8-22(29)19-25(26)30)28(35)31-23-9-11-24(12-10-23)32-15-17-33(18-16-32)27(34)14-7-21-5-3-2-4-6-21/h2-14,19-20H,15-18H2,1H3,(H,31,35)/b14-7+/t20-/m1/s1. The number of carbonyl (C=O) groups excluding carboxylic acids is 2. The van der Waals surface area contributed by atoms with E-state index in [1.54, 1.807) is 31.2 Å². The Hall–Kier alpha value is -3.48. The van der Waals surface area contributed by atoms with E-state index < -0.39 is 6.10 Å². The number of nitrogens with one attached hydrogen (secondary N) is 1. The lowest BCUT2D eigenvalue weighted by molar-refractivity contribution is -0.126. The van der Waals surface area contributed by atoms with Gasteiger partial charge in [0.25, 0.3) is 5.91 Å². The van der Waals surface area contributed by atoms with Crippen LogP contribution < -0.4 is 15.0 Å². The van der Waals surface area contributed by atoms with Gasteiger partial charge in [0.05, 0.1) is 5.02 Å². The van der Waals surface area contributed by atoms with Gasteiger partial charge in [-0.15, -0.1) is 0 Å². The molecular formula is C28H27Cl2N3O3. The van der Waals surface area contributed by atoms with Crippen LogP contribution in [0.2, 0.25) is 10.0 Å². The van der Waals surface area contributed by atoms with E-state index in [2.05, 4.69) is 10.2 Å². The first kappa shape index (κ1) is 25.6. The molecule has 1 N–H and O–H groups in total. The van der Waals surface area contributed by atoms with E-state index >= 15 is 0 Å². The van der Waals surface area contributed by atoms with Crippen molar-refractivity contribution in [3.63, 3.8) is 0 Å². The molecule has 1 atom stereocenters. The van der Waals surface area contributed by atoms with Gasteiger partial charge in [-0.3, -0.25) is 9.59 Å². The van der Waals surface area contributed by atoms with Crippen LogP contribution in [0.15, 0.2) is 78.9 Å². The molecule has 1 saturated heterocycles. The maximum Gasteiger partial charge on any atom is 0.265 e. The van der Waals surface area contributed by atoms with E-state index in [-0.39, 0.29) is 11.8 Å². The first-order valence-corrected chi connectivity index (χ1v) is 12.4. The maximum absolute atomic E-state index is 12.6. The van der Waals surface area contributed by atoms with Crippen LogP contribution in [0.3, 0.4) is 0 Å². The number of rotatable bonds is 7. The van der Waals surface area contributed by atoms with Gasteiger partial charge in [0.2, 0.25) is 5.91 Å². The molecule has 1 heterocycles. The summed E-state index contributed by atoms with van der Waals surface area (Å²) in [6.45, 7) is 4.44. The SMILES string of the molecule is C[C@@H](Oc1ccc(Cl)cc1Cl)C(=O)Nc1ccc(N2CCN(C(=O)/C=C/c3ccccc3)CC2)cc1. The third-order valence-corrected chi connectivity index (χ3v) is 6.41. The minimum absolute atomic E-state index is 0.0211. The smallest absolute Gasteiger partial charge is 0.265 e. The fourth-order valence-corrected chi connectivity index (χ4v) is 4.29. The number of carbonyl (C=O) groups is 2. The summed E-state index contributed by atoms with van der Waals surface area (Å²) in [6, 6.07) is 22.3. The van der Waals surface area contributed by atoms with Gasteiger partial charge < -0.3 is 19.9 Å². The topological polar surface area (TPSA) is 61.9 Å². The fourth-order valence-electron chi connectivity index (χ4n) is 3.84. The number of anilines is 2. The Kier molecular flexibility index (Phi) is 8.52. The molecule has 3 aromatic carbocycles. The number of nitrogens with zero attached hydrogens (tertiary/aromatic N) is 2. The van der Waals surface area contributed by atoms with E-state index in [9.17, 15) is 9.59 Å². The van der Waals surface area contributed by atoms with Crippen LogP contribution in [0.5, 0.6) is 5.75 Å². The molecule has 0 unspecified atom stereocenters. The van der Waals surface area contributed by atoms with Crippen LogP contribution in [-0.4, -0.2) is 49.0 Å². The van der Waals surface area contributed by atoms with Crippen molar-refractivity contribution in [1.82, 2.24) is 4.90 Å². The molecule has 0 spiro atoms. The predicted molar refractivity (Wildman–Crippen MR) is 146 cm³/mol. The van der Waals surface area contributed by atoms with Crippen molar-refractivity contribution in [2.24, 2.45) is 0 Å². The quantitative estimate of drug-likeness (QED) is 0.400. The average Bonchev–Trinajstić information content (AvgIpc) is 2.90. The normalized spacial score (nSPS) is 14.5. The van der Waals surface area contributed by atoms with Gasteiger partial charge in [-0.25, -0.2) is 0 Å². The second-order valence-corrected chi connectivity index (χ2v) is 9.27. The lowest BCUT2D eigenvalue weighted by Gasteiger charge is -2.35. The highest BCUT2D eigenvalue weighted by Gasteiger charge is 2.20. The van der Waals surface area contributed by atoms with Crippen molar-refractivity contribution in [1.29, 1.82) is 0 Å². The molecule has 186 valence electrons. The molecule has 0 radical (unpaired) electrons. The Labute approximate surface area is 221 Å². The Balaban J connectivity index is 1.26. The molecule has 0 saturated carbocycles. The third-order valence-electron chi connectivity index (χ3n) is 5.88. The minimum Gasteiger partial charge on any atom is -0.479 e. The summed E-state index contributed by atoms with van der Waals surface area (Å²) in [4.78, 5) is 29.2. The molecule has 2 amide bonds. The molecule has 0 aromatic heterocycles. The molecule has 4 rings (SSSR count). The first-order chi connectivity index (χ1) is 17.4. The molecule has 0 bridgehead atoms. The number of benzene rings is 3. The van der Waals surface area contributed by atoms with Crippen LogP contribution in [0.25, 0.3) is 6.08 Å².